The average molecular weight is 478 g/mol. The topological polar surface area (TPSA) is 67.8 Å². The Balaban J connectivity index is 0.00000625. The van der Waals surface area contributed by atoms with Crippen LogP contribution in [0.25, 0.3) is 0 Å². The van der Waals surface area contributed by atoms with Crippen molar-refractivity contribution >= 4 is 29.9 Å². The highest BCUT2D eigenvalue weighted by atomic mass is 127. The number of nitrogens with zero attached hydrogens (tertiary/aromatic N) is 2. The Hall–Kier alpha value is -1.09. The third-order valence-corrected chi connectivity index (χ3v) is 3.76. The summed E-state index contributed by atoms with van der Waals surface area (Å²) >= 11 is 0. The number of aliphatic imine (C=N–C) groups is 1. The number of pyridine rings is 1. The summed E-state index contributed by atoms with van der Waals surface area (Å²) in [6, 6.07) is 4.26. The maximum absolute atomic E-state index is 5.66. The third-order valence-electron chi connectivity index (χ3n) is 3.76. The molecule has 1 aromatic heterocycles. The van der Waals surface area contributed by atoms with Gasteiger partial charge in [0.25, 0.3) is 0 Å². The number of methoxy groups -OCH3 is 1. The van der Waals surface area contributed by atoms with Crippen molar-refractivity contribution in [2.45, 2.75) is 53.1 Å². The van der Waals surface area contributed by atoms with Gasteiger partial charge < -0.3 is 20.1 Å². The molecule has 0 aromatic carbocycles. The first kappa shape index (κ1) is 24.9. The fourth-order valence-electron chi connectivity index (χ4n) is 2.24. The second-order valence-corrected chi connectivity index (χ2v) is 7.38. The van der Waals surface area contributed by atoms with Crippen LogP contribution in [0.1, 0.15) is 46.1 Å². The van der Waals surface area contributed by atoms with E-state index in [2.05, 4.69) is 48.3 Å². The quantitative estimate of drug-likeness (QED) is 0.246. The zero-order valence-electron chi connectivity index (χ0n) is 17.0. The minimum atomic E-state index is 0. The van der Waals surface area contributed by atoms with Crippen molar-refractivity contribution in [1.82, 2.24) is 15.6 Å². The molecule has 0 fully saturated rings. The van der Waals surface area contributed by atoms with E-state index < -0.39 is 0 Å². The Morgan fingerprint density at radius 2 is 2.04 bits per heavy atom. The van der Waals surface area contributed by atoms with E-state index in [1.807, 2.05) is 12.1 Å². The molecular formula is C19H35IN4O2. The molecule has 2 N–H and O–H groups in total. The van der Waals surface area contributed by atoms with Gasteiger partial charge in [-0.3, -0.25) is 4.99 Å². The molecule has 0 aliphatic heterocycles. The van der Waals surface area contributed by atoms with Gasteiger partial charge in [-0.15, -0.1) is 24.0 Å². The van der Waals surface area contributed by atoms with Crippen LogP contribution < -0.4 is 15.4 Å². The predicted octanol–water partition coefficient (Wildman–Crippen LogP) is 3.60. The molecule has 0 spiro atoms. The highest BCUT2D eigenvalue weighted by Crippen LogP contribution is 2.21. The number of hydrogen-bond acceptors (Lipinski definition) is 4. The molecule has 0 bridgehead atoms. The van der Waals surface area contributed by atoms with Crippen LogP contribution in [0.2, 0.25) is 0 Å². The monoisotopic (exact) mass is 478 g/mol. The molecule has 26 heavy (non-hydrogen) atoms. The van der Waals surface area contributed by atoms with E-state index >= 15 is 0 Å². The van der Waals surface area contributed by atoms with E-state index in [4.69, 9.17) is 9.47 Å². The van der Waals surface area contributed by atoms with Gasteiger partial charge in [-0.25, -0.2) is 4.98 Å². The van der Waals surface area contributed by atoms with Gasteiger partial charge in [-0.1, -0.05) is 26.8 Å². The molecule has 6 nitrogen and oxygen atoms in total. The molecule has 1 aromatic rings. The minimum absolute atomic E-state index is 0. The molecule has 7 heteroatoms. The number of hydrogen-bond donors (Lipinski definition) is 2. The first-order valence-electron chi connectivity index (χ1n) is 8.88. The van der Waals surface area contributed by atoms with E-state index in [1.54, 1.807) is 20.4 Å². The maximum atomic E-state index is 5.66. The van der Waals surface area contributed by atoms with Gasteiger partial charge in [0, 0.05) is 38.5 Å². The summed E-state index contributed by atoms with van der Waals surface area (Å²) in [6.07, 6.45) is 3.99. The second kappa shape index (κ2) is 13.1. The lowest BCUT2D eigenvalue weighted by Gasteiger charge is -2.23. The molecule has 1 atom stereocenters. The van der Waals surface area contributed by atoms with Crippen molar-refractivity contribution in [2.75, 3.05) is 27.4 Å². The van der Waals surface area contributed by atoms with Crippen LogP contribution >= 0.6 is 24.0 Å². The van der Waals surface area contributed by atoms with Crippen LogP contribution in [0, 0.1) is 5.41 Å². The molecule has 1 unspecified atom stereocenters. The molecule has 0 saturated carbocycles. The normalized spacial score (nSPS) is 12.9. The van der Waals surface area contributed by atoms with E-state index in [0.29, 0.717) is 37.1 Å². The van der Waals surface area contributed by atoms with Crippen LogP contribution in [-0.4, -0.2) is 44.4 Å². The highest BCUT2D eigenvalue weighted by molar-refractivity contribution is 14.0. The van der Waals surface area contributed by atoms with Crippen molar-refractivity contribution in [2.24, 2.45) is 10.4 Å². The van der Waals surface area contributed by atoms with Crippen molar-refractivity contribution in [3.63, 3.8) is 0 Å². The number of rotatable bonds is 9. The Labute approximate surface area is 175 Å². The van der Waals surface area contributed by atoms with Crippen LogP contribution in [0.15, 0.2) is 23.3 Å². The van der Waals surface area contributed by atoms with Gasteiger partial charge in [-0.2, -0.15) is 0 Å². The van der Waals surface area contributed by atoms with Crippen LogP contribution in [-0.2, 0) is 11.3 Å². The number of halogens is 1. The number of aromatic nitrogens is 1. The predicted molar refractivity (Wildman–Crippen MR) is 119 cm³/mol. The van der Waals surface area contributed by atoms with Crippen LogP contribution in [0.4, 0.5) is 0 Å². The molecule has 0 amide bonds. The maximum Gasteiger partial charge on any atom is 0.218 e. The van der Waals surface area contributed by atoms with Crippen molar-refractivity contribution in [3.8, 4) is 5.88 Å². The molecule has 1 rings (SSSR count). The zero-order chi connectivity index (χ0) is 18.7. The van der Waals surface area contributed by atoms with Crippen molar-refractivity contribution in [3.05, 3.63) is 23.9 Å². The Bertz CT molecular complexity index is 533. The summed E-state index contributed by atoms with van der Waals surface area (Å²) in [6.45, 7) is 10.6. The van der Waals surface area contributed by atoms with Crippen molar-refractivity contribution < 1.29 is 9.47 Å². The molecule has 0 radical (unpaired) electrons. The van der Waals surface area contributed by atoms with Crippen LogP contribution in [0.5, 0.6) is 5.88 Å². The Morgan fingerprint density at radius 1 is 1.31 bits per heavy atom. The molecule has 1 heterocycles. The fourth-order valence-corrected chi connectivity index (χ4v) is 2.24. The van der Waals surface area contributed by atoms with Crippen molar-refractivity contribution in [1.29, 1.82) is 0 Å². The summed E-state index contributed by atoms with van der Waals surface area (Å²) in [5.74, 6) is 1.41. The van der Waals surface area contributed by atoms with Gasteiger partial charge >= 0.3 is 0 Å². The highest BCUT2D eigenvalue weighted by Gasteiger charge is 2.13. The molecule has 0 aliphatic carbocycles. The smallest absolute Gasteiger partial charge is 0.218 e. The molecular weight excluding hydrogens is 443 g/mol. The number of guanidine groups is 1. The largest absolute Gasteiger partial charge is 0.475 e. The zero-order valence-corrected chi connectivity index (χ0v) is 19.3. The van der Waals surface area contributed by atoms with E-state index in [-0.39, 0.29) is 24.0 Å². The van der Waals surface area contributed by atoms with Gasteiger partial charge in [0.15, 0.2) is 5.96 Å². The standard InChI is InChI=1S/C19H34N4O2.HI/c1-15(9-10-19(2,3)4)23-18(20-5)22-14-16-8-7-11-21-17(16)25-13-12-24-6;/h7-8,11,15H,9-10,12-14H2,1-6H3,(H2,20,22,23);1H. The van der Waals surface area contributed by atoms with Gasteiger partial charge in [0.05, 0.1) is 6.61 Å². The molecule has 0 aliphatic rings. The Morgan fingerprint density at radius 3 is 2.65 bits per heavy atom. The SMILES string of the molecule is CN=C(NCc1cccnc1OCCOC)NC(C)CCC(C)(C)C.I. The summed E-state index contributed by atoms with van der Waals surface area (Å²) in [5, 5.41) is 6.77. The van der Waals surface area contributed by atoms with E-state index in [1.165, 1.54) is 0 Å². The first-order valence-corrected chi connectivity index (χ1v) is 8.88. The lowest BCUT2D eigenvalue weighted by atomic mass is 9.89. The van der Waals surface area contributed by atoms with Crippen LogP contribution in [0.3, 0.4) is 0 Å². The molecule has 0 saturated heterocycles. The summed E-state index contributed by atoms with van der Waals surface area (Å²) in [5.41, 5.74) is 1.33. The number of ether oxygens (including phenoxy) is 2. The Kier molecular flexibility index (Phi) is 12.6. The summed E-state index contributed by atoms with van der Waals surface area (Å²) in [7, 11) is 3.44. The lowest BCUT2D eigenvalue weighted by Crippen LogP contribution is -2.42. The van der Waals surface area contributed by atoms with Gasteiger partial charge in [-0.05, 0) is 31.2 Å². The molecule has 150 valence electrons. The second-order valence-electron chi connectivity index (χ2n) is 7.38. The summed E-state index contributed by atoms with van der Waals surface area (Å²) < 4.78 is 10.7. The number of nitrogens with one attached hydrogen (secondary N) is 2. The average Bonchev–Trinajstić information content (AvgIpc) is 2.57. The fraction of sp³-hybridized carbons (Fsp3) is 0.684. The van der Waals surface area contributed by atoms with Gasteiger partial charge in [0.1, 0.15) is 6.61 Å². The lowest BCUT2D eigenvalue weighted by molar-refractivity contribution is 0.143. The van der Waals surface area contributed by atoms with E-state index in [9.17, 15) is 0 Å². The van der Waals surface area contributed by atoms with E-state index in [0.717, 1.165) is 24.4 Å². The summed E-state index contributed by atoms with van der Waals surface area (Å²) in [4.78, 5) is 8.60. The first-order chi connectivity index (χ1) is 11.9. The third kappa shape index (κ3) is 10.8. The van der Waals surface area contributed by atoms with Gasteiger partial charge in [0.2, 0.25) is 5.88 Å². The minimum Gasteiger partial charge on any atom is -0.475 e.